The van der Waals surface area contributed by atoms with Crippen molar-refractivity contribution in [3.63, 3.8) is 0 Å². The highest BCUT2D eigenvalue weighted by Crippen LogP contribution is 2.20. The van der Waals surface area contributed by atoms with Gasteiger partial charge in [-0.3, -0.25) is 9.69 Å². The van der Waals surface area contributed by atoms with Crippen molar-refractivity contribution in [2.45, 2.75) is 18.9 Å². The van der Waals surface area contributed by atoms with Crippen molar-refractivity contribution in [3.8, 4) is 0 Å². The number of carbonyl (C=O) groups is 2. The fourth-order valence-electron chi connectivity index (χ4n) is 3.90. The molecule has 3 amide bonds. The van der Waals surface area contributed by atoms with Gasteiger partial charge in [0.05, 0.1) is 6.04 Å². The Hall–Kier alpha value is -2.86. The lowest BCUT2D eigenvalue weighted by molar-refractivity contribution is 0.0927. The number of anilines is 1. The Morgan fingerprint density at radius 2 is 1.71 bits per heavy atom. The van der Waals surface area contributed by atoms with E-state index in [1.807, 2.05) is 30.3 Å². The number of urea groups is 1. The minimum atomic E-state index is -0.0922. The SMILES string of the molecule is O=C(NC(CN1CCCC1)c1ccccc1)c1ccc(N2CCNC2=O)cc1. The number of hydrogen-bond acceptors (Lipinski definition) is 3. The van der Waals surface area contributed by atoms with Crippen molar-refractivity contribution < 1.29 is 9.59 Å². The predicted molar refractivity (Wildman–Crippen MR) is 110 cm³/mol. The number of nitrogens with one attached hydrogen (secondary N) is 2. The number of amides is 3. The summed E-state index contributed by atoms with van der Waals surface area (Å²) in [4.78, 5) is 28.8. The van der Waals surface area contributed by atoms with Gasteiger partial charge in [-0.2, -0.15) is 0 Å². The highest BCUT2D eigenvalue weighted by Gasteiger charge is 2.23. The number of rotatable bonds is 6. The van der Waals surface area contributed by atoms with Crippen LogP contribution >= 0.6 is 0 Å². The molecular weight excluding hydrogens is 352 g/mol. The van der Waals surface area contributed by atoms with Gasteiger partial charge in [0.15, 0.2) is 0 Å². The molecule has 0 saturated carbocycles. The van der Waals surface area contributed by atoms with Gasteiger partial charge < -0.3 is 15.5 Å². The molecule has 146 valence electrons. The van der Waals surface area contributed by atoms with Crippen LogP contribution < -0.4 is 15.5 Å². The molecule has 6 nitrogen and oxygen atoms in total. The van der Waals surface area contributed by atoms with Crippen LogP contribution in [0, 0.1) is 0 Å². The van der Waals surface area contributed by atoms with E-state index in [2.05, 4.69) is 27.7 Å². The van der Waals surface area contributed by atoms with Crippen molar-refractivity contribution in [3.05, 3.63) is 65.7 Å². The Morgan fingerprint density at radius 3 is 2.36 bits per heavy atom. The fraction of sp³-hybridized carbons (Fsp3) is 0.364. The van der Waals surface area contributed by atoms with Crippen molar-refractivity contribution in [2.24, 2.45) is 0 Å². The minimum Gasteiger partial charge on any atom is -0.344 e. The predicted octanol–water partition coefficient (Wildman–Crippen LogP) is 2.78. The summed E-state index contributed by atoms with van der Waals surface area (Å²) >= 11 is 0. The monoisotopic (exact) mass is 378 g/mol. The molecule has 2 heterocycles. The Kier molecular flexibility index (Phi) is 5.58. The van der Waals surface area contributed by atoms with Crippen LogP contribution in [0.1, 0.15) is 34.8 Å². The van der Waals surface area contributed by atoms with Gasteiger partial charge >= 0.3 is 6.03 Å². The van der Waals surface area contributed by atoms with Crippen LogP contribution in [-0.4, -0.2) is 49.6 Å². The molecule has 2 aromatic carbocycles. The number of nitrogens with zero attached hydrogens (tertiary/aromatic N) is 2. The second-order valence-corrected chi connectivity index (χ2v) is 7.37. The summed E-state index contributed by atoms with van der Waals surface area (Å²) in [7, 11) is 0. The van der Waals surface area contributed by atoms with Crippen LogP contribution in [0.4, 0.5) is 10.5 Å². The molecule has 2 aliphatic rings. The van der Waals surface area contributed by atoms with Crippen LogP contribution in [0.5, 0.6) is 0 Å². The third-order valence-electron chi connectivity index (χ3n) is 5.44. The highest BCUT2D eigenvalue weighted by atomic mass is 16.2. The summed E-state index contributed by atoms with van der Waals surface area (Å²) < 4.78 is 0. The summed E-state index contributed by atoms with van der Waals surface area (Å²) in [5, 5.41) is 5.99. The van der Waals surface area contributed by atoms with Crippen molar-refractivity contribution in [1.29, 1.82) is 0 Å². The van der Waals surface area contributed by atoms with E-state index in [4.69, 9.17) is 0 Å². The Labute approximate surface area is 165 Å². The average Bonchev–Trinajstić information content (AvgIpc) is 3.40. The van der Waals surface area contributed by atoms with Gasteiger partial charge in [-0.25, -0.2) is 4.79 Å². The first-order chi connectivity index (χ1) is 13.7. The van der Waals surface area contributed by atoms with E-state index in [0.29, 0.717) is 18.7 Å². The first-order valence-electron chi connectivity index (χ1n) is 9.94. The lowest BCUT2D eigenvalue weighted by atomic mass is 10.1. The molecular formula is C22H26N4O2. The van der Waals surface area contributed by atoms with Gasteiger partial charge in [0.25, 0.3) is 5.91 Å². The van der Waals surface area contributed by atoms with E-state index in [-0.39, 0.29) is 18.0 Å². The highest BCUT2D eigenvalue weighted by molar-refractivity contribution is 5.97. The zero-order chi connectivity index (χ0) is 19.3. The first kappa shape index (κ1) is 18.5. The molecule has 0 aliphatic carbocycles. The first-order valence-corrected chi connectivity index (χ1v) is 9.94. The summed E-state index contributed by atoms with van der Waals surface area (Å²) in [5.41, 5.74) is 2.53. The zero-order valence-corrected chi connectivity index (χ0v) is 15.9. The van der Waals surface area contributed by atoms with Gasteiger partial charge in [0.1, 0.15) is 0 Å². The van der Waals surface area contributed by atoms with Gasteiger partial charge in [-0.15, -0.1) is 0 Å². The maximum atomic E-state index is 12.9. The standard InChI is InChI=1S/C22H26N4O2/c27-21(18-8-10-19(11-9-18)26-15-12-23-22(26)28)24-20(16-25-13-4-5-14-25)17-6-2-1-3-7-17/h1-3,6-11,20H,4-5,12-16H2,(H,23,28)(H,24,27). The number of carbonyl (C=O) groups excluding carboxylic acids is 2. The topological polar surface area (TPSA) is 64.7 Å². The maximum absolute atomic E-state index is 12.9. The summed E-state index contributed by atoms with van der Waals surface area (Å²) in [5.74, 6) is -0.0922. The molecule has 0 radical (unpaired) electrons. The Balaban J connectivity index is 1.46. The molecule has 1 unspecified atom stereocenters. The lowest BCUT2D eigenvalue weighted by Crippen LogP contribution is -2.37. The summed E-state index contributed by atoms with van der Waals surface area (Å²) in [6, 6.07) is 17.2. The van der Waals surface area contributed by atoms with E-state index in [9.17, 15) is 9.59 Å². The molecule has 2 fully saturated rings. The van der Waals surface area contributed by atoms with Crippen molar-refractivity contribution >= 4 is 17.6 Å². The van der Waals surface area contributed by atoms with Gasteiger partial charge in [-0.05, 0) is 55.8 Å². The molecule has 2 N–H and O–H groups in total. The second kappa shape index (κ2) is 8.44. The largest absolute Gasteiger partial charge is 0.344 e. The molecule has 4 rings (SSSR count). The van der Waals surface area contributed by atoms with Crippen molar-refractivity contribution in [1.82, 2.24) is 15.5 Å². The average molecular weight is 378 g/mol. The molecule has 2 aliphatic heterocycles. The molecule has 0 aromatic heterocycles. The normalized spacial score (nSPS) is 18.1. The fourth-order valence-corrected chi connectivity index (χ4v) is 3.90. The second-order valence-electron chi connectivity index (χ2n) is 7.37. The van der Waals surface area contributed by atoms with Crippen LogP contribution in [0.2, 0.25) is 0 Å². The van der Waals surface area contributed by atoms with Crippen LogP contribution in [-0.2, 0) is 0 Å². The van der Waals surface area contributed by atoms with Crippen LogP contribution in [0.15, 0.2) is 54.6 Å². The van der Waals surface area contributed by atoms with Gasteiger partial charge in [0, 0.05) is 30.9 Å². The van der Waals surface area contributed by atoms with Gasteiger partial charge in [-0.1, -0.05) is 30.3 Å². The maximum Gasteiger partial charge on any atom is 0.321 e. The molecule has 0 bridgehead atoms. The lowest BCUT2D eigenvalue weighted by Gasteiger charge is -2.25. The number of benzene rings is 2. The summed E-state index contributed by atoms with van der Waals surface area (Å²) in [6.45, 7) is 4.30. The number of likely N-dealkylation sites (tertiary alicyclic amines) is 1. The van der Waals surface area contributed by atoms with Crippen LogP contribution in [0.3, 0.4) is 0 Å². The van der Waals surface area contributed by atoms with E-state index >= 15 is 0 Å². The molecule has 6 heteroatoms. The Bertz CT molecular complexity index is 816. The van der Waals surface area contributed by atoms with E-state index in [0.717, 1.165) is 30.9 Å². The van der Waals surface area contributed by atoms with Crippen LogP contribution in [0.25, 0.3) is 0 Å². The van der Waals surface area contributed by atoms with Crippen molar-refractivity contribution in [2.75, 3.05) is 37.6 Å². The molecule has 2 aromatic rings. The number of hydrogen-bond donors (Lipinski definition) is 2. The minimum absolute atomic E-state index is 0.0455. The molecule has 0 spiro atoms. The van der Waals surface area contributed by atoms with E-state index < -0.39 is 0 Å². The smallest absolute Gasteiger partial charge is 0.321 e. The Morgan fingerprint density at radius 1 is 1.00 bits per heavy atom. The third kappa shape index (κ3) is 4.17. The zero-order valence-electron chi connectivity index (χ0n) is 15.9. The summed E-state index contributed by atoms with van der Waals surface area (Å²) in [6.07, 6.45) is 2.45. The van der Waals surface area contributed by atoms with E-state index in [1.165, 1.54) is 12.8 Å². The quantitative estimate of drug-likeness (QED) is 0.812. The third-order valence-corrected chi connectivity index (χ3v) is 5.44. The molecule has 2 saturated heterocycles. The van der Waals surface area contributed by atoms with Gasteiger partial charge in [0.2, 0.25) is 0 Å². The molecule has 28 heavy (non-hydrogen) atoms. The molecule has 1 atom stereocenters. The van der Waals surface area contributed by atoms with E-state index in [1.54, 1.807) is 17.0 Å².